The van der Waals surface area contributed by atoms with Crippen molar-refractivity contribution < 1.29 is 9.53 Å². The lowest BCUT2D eigenvalue weighted by Gasteiger charge is -2.29. The fourth-order valence-electron chi connectivity index (χ4n) is 3.23. The Balaban J connectivity index is 1.66. The molecule has 0 aliphatic rings. The summed E-state index contributed by atoms with van der Waals surface area (Å²) >= 11 is 0. The van der Waals surface area contributed by atoms with Crippen LogP contribution in [-0.4, -0.2) is 31.6 Å². The van der Waals surface area contributed by atoms with Gasteiger partial charge < -0.3 is 4.74 Å². The van der Waals surface area contributed by atoms with E-state index in [0.29, 0.717) is 12.4 Å². The minimum absolute atomic E-state index is 0.179. The molecule has 1 N–H and O–H groups in total. The van der Waals surface area contributed by atoms with E-state index in [2.05, 4.69) is 20.6 Å². The minimum atomic E-state index is -0.548. The van der Waals surface area contributed by atoms with E-state index in [4.69, 9.17) is 4.74 Å². The standard InChI is InChI=1S/C23H21N5O2/c29-23(30-17-19-12-6-2-7-13-19)28(16-18-10-4-1-5-11-18)21(22-24-26-27-25-22)20-14-8-3-9-15-20/h1-15,21H,16-17H2,(H,24,25,26,27)/t21-/m0/s1. The second kappa shape index (κ2) is 9.47. The van der Waals surface area contributed by atoms with Crippen LogP contribution in [0, 0.1) is 0 Å². The quantitative estimate of drug-likeness (QED) is 0.505. The average molecular weight is 399 g/mol. The normalized spacial score (nSPS) is 11.6. The van der Waals surface area contributed by atoms with E-state index in [-0.39, 0.29) is 6.61 Å². The highest BCUT2D eigenvalue weighted by Crippen LogP contribution is 2.28. The molecule has 0 spiro atoms. The molecule has 150 valence electrons. The Labute approximate surface area is 174 Å². The molecule has 1 atom stereocenters. The third-order valence-electron chi connectivity index (χ3n) is 4.67. The first-order valence-electron chi connectivity index (χ1n) is 9.61. The number of carbonyl (C=O) groups excluding carboxylic acids is 1. The summed E-state index contributed by atoms with van der Waals surface area (Å²) in [4.78, 5) is 14.9. The molecule has 7 heteroatoms. The molecule has 0 unspecified atom stereocenters. The average Bonchev–Trinajstić information content (AvgIpc) is 3.33. The van der Waals surface area contributed by atoms with Gasteiger partial charge in [-0.15, -0.1) is 10.2 Å². The number of aromatic nitrogens is 4. The molecule has 0 saturated heterocycles. The van der Waals surface area contributed by atoms with Gasteiger partial charge in [0, 0.05) is 0 Å². The number of hydrogen-bond acceptors (Lipinski definition) is 5. The number of amides is 1. The fourth-order valence-corrected chi connectivity index (χ4v) is 3.23. The van der Waals surface area contributed by atoms with E-state index in [1.807, 2.05) is 91.0 Å². The zero-order valence-electron chi connectivity index (χ0n) is 16.3. The molecule has 7 nitrogen and oxygen atoms in total. The van der Waals surface area contributed by atoms with Crippen molar-refractivity contribution in [3.63, 3.8) is 0 Å². The van der Waals surface area contributed by atoms with E-state index >= 15 is 0 Å². The number of benzene rings is 3. The molecule has 0 radical (unpaired) electrons. The summed E-state index contributed by atoms with van der Waals surface area (Å²) in [5.74, 6) is 0.397. The molecular formula is C23H21N5O2. The molecule has 1 aromatic heterocycles. The molecule has 4 rings (SSSR count). The van der Waals surface area contributed by atoms with Gasteiger partial charge in [-0.25, -0.2) is 4.79 Å². The van der Waals surface area contributed by atoms with Crippen molar-refractivity contribution >= 4 is 6.09 Å². The number of carbonyl (C=O) groups is 1. The largest absolute Gasteiger partial charge is 0.445 e. The molecule has 1 heterocycles. The lowest BCUT2D eigenvalue weighted by Crippen LogP contribution is -2.36. The first-order chi connectivity index (χ1) is 14.8. The minimum Gasteiger partial charge on any atom is -0.445 e. The van der Waals surface area contributed by atoms with Gasteiger partial charge in [-0.3, -0.25) is 4.90 Å². The number of nitrogens with zero attached hydrogens (tertiary/aromatic N) is 4. The molecule has 30 heavy (non-hydrogen) atoms. The molecule has 0 aliphatic heterocycles. The second-order valence-electron chi connectivity index (χ2n) is 6.74. The van der Waals surface area contributed by atoms with Crippen LogP contribution in [0.2, 0.25) is 0 Å². The lowest BCUT2D eigenvalue weighted by molar-refractivity contribution is 0.0817. The molecule has 4 aromatic rings. The molecule has 3 aromatic carbocycles. The summed E-state index contributed by atoms with van der Waals surface area (Å²) in [6, 6.07) is 28.4. The van der Waals surface area contributed by atoms with Crippen LogP contribution in [0.15, 0.2) is 91.0 Å². The Hall–Kier alpha value is -4.00. The molecular weight excluding hydrogens is 378 g/mol. The Morgan fingerprint density at radius 1 is 0.867 bits per heavy atom. The van der Waals surface area contributed by atoms with Crippen LogP contribution < -0.4 is 0 Å². The third kappa shape index (κ3) is 4.70. The highest BCUT2D eigenvalue weighted by molar-refractivity contribution is 5.69. The zero-order valence-corrected chi connectivity index (χ0v) is 16.3. The summed E-state index contributed by atoms with van der Waals surface area (Å²) in [6.45, 7) is 0.515. The zero-order chi connectivity index (χ0) is 20.6. The van der Waals surface area contributed by atoms with Gasteiger partial charge in [0.15, 0.2) is 0 Å². The topological polar surface area (TPSA) is 84.0 Å². The van der Waals surface area contributed by atoms with E-state index in [0.717, 1.165) is 16.7 Å². The van der Waals surface area contributed by atoms with Crippen LogP contribution in [0.3, 0.4) is 0 Å². The molecule has 0 saturated carbocycles. The van der Waals surface area contributed by atoms with Gasteiger partial charge in [-0.05, 0) is 16.7 Å². The van der Waals surface area contributed by atoms with Gasteiger partial charge >= 0.3 is 6.09 Å². The van der Waals surface area contributed by atoms with Crippen molar-refractivity contribution in [1.29, 1.82) is 0 Å². The van der Waals surface area contributed by atoms with Crippen molar-refractivity contribution in [1.82, 2.24) is 25.5 Å². The summed E-state index contributed by atoms with van der Waals surface area (Å²) in [5, 5.41) is 14.5. The highest BCUT2D eigenvalue weighted by atomic mass is 16.6. The number of hydrogen-bond donors (Lipinski definition) is 1. The van der Waals surface area contributed by atoms with Crippen LogP contribution in [-0.2, 0) is 17.9 Å². The molecule has 0 fully saturated rings. The highest BCUT2D eigenvalue weighted by Gasteiger charge is 2.31. The number of ether oxygens (including phenoxy) is 1. The third-order valence-corrected chi connectivity index (χ3v) is 4.67. The Bertz CT molecular complexity index is 1040. The molecule has 1 amide bonds. The van der Waals surface area contributed by atoms with Gasteiger partial charge in [0.05, 0.1) is 6.54 Å². The monoisotopic (exact) mass is 399 g/mol. The predicted molar refractivity (Wildman–Crippen MR) is 111 cm³/mol. The fraction of sp³-hybridized carbons (Fsp3) is 0.130. The van der Waals surface area contributed by atoms with Crippen molar-refractivity contribution in [2.24, 2.45) is 0 Å². The number of H-pyrrole nitrogens is 1. The maximum atomic E-state index is 13.2. The summed E-state index contributed by atoms with van der Waals surface area (Å²) < 4.78 is 5.66. The Morgan fingerprint density at radius 3 is 2.07 bits per heavy atom. The predicted octanol–water partition coefficient (Wildman–Crippen LogP) is 4.13. The van der Waals surface area contributed by atoms with Gasteiger partial charge in [0.2, 0.25) is 5.82 Å². The van der Waals surface area contributed by atoms with Crippen molar-refractivity contribution in [3.05, 3.63) is 114 Å². The maximum absolute atomic E-state index is 13.2. The number of nitrogens with one attached hydrogen (secondary N) is 1. The SMILES string of the molecule is O=C(OCc1ccccc1)N(Cc1ccccc1)[C@@H](c1ccccc1)c1nn[nH]n1. The number of tetrazole rings is 1. The van der Waals surface area contributed by atoms with Gasteiger partial charge in [-0.2, -0.15) is 5.21 Å². The van der Waals surface area contributed by atoms with E-state index in [9.17, 15) is 4.79 Å². The van der Waals surface area contributed by atoms with E-state index in [1.54, 1.807) is 4.90 Å². The lowest BCUT2D eigenvalue weighted by atomic mass is 10.0. The van der Waals surface area contributed by atoms with Crippen LogP contribution in [0.25, 0.3) is 0 Å². The first kappa shape index (κ1) is 19.3. The van der Waals surface area contributed by atoms with Crippen molar-refractivity contribution in [2.45, 2.75) is 19.2 Å². The Kier molecular flexibility index (Phi) is 6.10. The van der Waals surface area contributed by atoms with Gasteiger partial charge in [0.25, 0.3) is 0 Å². The second-order valence-corrected chi connectivity index (χ2v) is 6.74. The van der Waals surface area contributed by atoms with Crippen LogP contribution in [0.4, 0.5) is 4.79 Å². The van der Waals surface area contributed by atoms with Crippen molar-refractivity contribution in [3.8, 4) is 0 Å². The van der Waals surface area contributed by atoms with Gasteiger partial charge in [0.1, 0.15) is 12.6 Å². The maximum Gasteiger partial charge on any atom is 0.411 e. The van der Waals surface area contributed by atoms with Gasteiger partial charge in [-0.1, -0.05) is 96.2 Å². The summed E-state index contributed by atoms with van der Waals surface area (Å²) in [6.07, 6.45) is -0.457. The van der Waals surface area contributed by atoms with Crippen molar-refractivity contribution in [2.75, 3.05) is 0 Å². The number of rotatable bonds is 7. The smallest absolute Gasteiger partial charge is 0.411 e. The van der Waals surface area contributed by atoms with Crippen LogP contribution in [0.5, 0.6) is 0 Å². The van der Waals surface area contributed by atoms with Crippen LogP contribution in [0.1, 0.15) is 28.6 Å². The number of aromatic amines is 1. The van der Waals surface area contributed by atoms with E-state index in [1.165, 1.54) is 0 Å². The first-order valence-corrected chi connectivity index (χ1v) is 9.61. The summed E-state index contributed by atoms with van der Waals surface area (Å²) in [7, 11) is 0. The Morgan fingerprint density at radius 2 is 1.47 bits per heavy atom. The summed E-state index contributed by atoms with van der Waals surface area (Å²) in [5.41, 5.74) is 2.76. The van der Waals surface area contributed by atoms with Crippen LogP contribution >= 0.6 is 0 Å². The molecule has 0 aliphatic carbocycles. The van der Waals surface area contributed by atoms with E-state index < -0.39 is 12.1 Å². The molecule has 0 bridgehead atoms.